The molecule has 1 N–H and O–H groups in total. The molecule has 1 saturated heterocycles. The van der Waals surface area contributed by atoms with Crippen LogP contribution in [0, 0.1) is 18.7 Å². The van der Waals surface area contributed by atoms with Crippen molar-refractivity contribution in [1.82, 2.24) is 0 Å². The fraction of sp³-hybridized carbons (Fsp3) is 0.182. The molecular formula is C22H19FN2O2. The van der Waals surface area contributed by atoms with Crippen molar-refractivity contribution in [3.05, 3.63) is 72.0 Å². The highest BCUT2D eigenvalue weighted by Gasteiger charge is 2.35. The molecule has 0 aliphatic carbocycles. The van der Waals surface area contributed by atoms with Crippen molar-refractivity contribution >= 4 is 34.0 Å². The van der Waals surface area contributed by atoms with Crippen LogP contribution in [0.25, 0.3) is 10.8 Å². The number of anilines is 2. The van der Waals surface area contributed by atoms with Crippen molar-refractivity contribution in [3.63, 3.8) is 0 Å². The Hall–Kier alpha value is -3.21. The van der Waals surface area contributed by atoms with Crippen LogP contribution in [0.5, 0.6) is 0 Å². The van der Waals surface area contributed by atoms with Crippen LogP contribution in [0.4, 0.5) is 15.8 Å². The Morgan fingerprint density at radius 3 is 2.74 bits per heavy atom. The molecular weight excluding hydrogens is 343 g/mol. The van der Waals surface area contributed by atoms with Gasteiger partial charge in [-0.2, -0.15) is 0 Å². The van der Waals surface area contributed by atoms with Crippen molar-refractivity contribution in [3.8, 4) is 0 Å². The standard InChI is InChI=1S/C22H19FN2O2/c1-14-9-10-17(23)12-19(14)24-22(27)16-11-21(26)25(13-16)20-8-4-6-15-5-2-3-7-18(15)20/h2-10,12,16H,11,13H2,1H3,(H,24,27). The van der Waals surface area contributed by atoms with Gasteiger partial charge >= 0.3 is 0 Å². The third-order valence-corrected chi connectivity index (χ3v) is 5.01. The molecule has 0 spiro atoms. The van der Waals surface area contributed by atoms with Gasteiger partial charge in [-0.25, -0.2) is 4.39 Å². The summed E-state index contributed by atoms with van der Waals surface area (Å²) in [4.78, 5) is 26.9. The van der Waals surface area contributed by atoms with E-state index in [-0.39, 0.29) is 18.2 Å². The van der Waals surface area contributed by atoms with Crippen molar-refractivity contribution in [2.75, 3.05) is 16.8 Å². The molecule has 136 valence electrons. The first kappa shape index (κ1) is 17.2. The first-order valence-electron chi connectivity index (χ1n) is 8.88. The Labute approximate surface area is 156 Å². The van der Waals surface area contributed by atoms with Crippen LogP contribution in [0.2, 0.25) is 0 Å². The average Bonchev–Trinajstić information content (AvgIpc) is 3.06. The molecule has 2 amide bonds. The third-order valence-electron chi connectivity index (χ3n) is 5.01. The van der Waals surface area contributed by atoms with Gasteiger partial charge in [0.25, 0.3) is 0 Å². The van der Waals surface area contributed by atoms with E-state index in [2.05, 4.69) is 5.32 Å². The summed E-state index contributed by atoms with van der Waals surface area (Å²) in [6.07, 6.45) is 0.142. The fourth-order valence-corrected chi connectivity index (χ4v) is 3.52. The van der Waals surface area contributed by atoms with Crippen LogP contribution >= 0.6 is 0 Å². The van der Waals surface area contributed by atoms with E-state index in [1.807, 2.05) is 42.5 Å². The number of nitrogens with zero attached hydrogens (tertiary/aromatic N) is 1. The number of rotatable bonds is 3. The monoisotopic (exact) mass is 362 g/mol. The molecule has 4 rings (SSSR count). The maximum absolute atomic E-state index is 13.5. The topological polar surface area (TPSA) is 49.4 Å². The Kier molecular flexibility index (Phi) is 4.36. The lowest BCUT2D eigenvalue weighted by molar-refractivity contribution is -0.122. The van der Waals surface area contributed by atoms with Gasteiger partial charge in [0.2, 0.25) is 11.8 Å². The van der Waals surface area contributed by atoms with Gasteiger partial charge in [-0.3, -0.25) is 9.59 Å². The molecule has 0 aromatic heterocycles. The van der Waals surface area contributed by atoms with Gasteiger partial charge in [-0.05, 0) is 36.1 Å². The Morgan fingerprint density at radius 1 is 1.11 bits per heavy atom. The van der Waals surface area contributed by atoms with E-state index in [0.29, 0.717) is 12.2 Å². The summed E-state index contributed by atoms with van der Waals surface area (Å²) in [6, 6.07) is 17.9. The minimum Gasteiger partial charge on any atom is -0.325 e. The van der Waals surface area contributed by atoms with Crippen molar-refractivity contribution < 1.29 is 14.0 Å². The second-order valence-electron chi connectivity index (χ2n) is 6.85. The fourth-order valence-electron chi connectivity index (χ4n) is 3.52. The number of amides is 2. The number of nitrogens with one attached hydrogen (secondary N) is 1. The number of hydrogen-bond donors (Lipinski definition) is 1. The zero-order valence-electron chi connectivity index (χ0n) is 14.9. The average molecular weight is 362 g/mol. The van der Waals surface area contributed by atoms with Gasteiger partial charge in [0.1, 0.15) is 5.82 Å². The van der Waals surface area contributed by atoms with E-state index in [4.69, 9.17) is 0 Å². The molecule has 27 heavy (non-hydrogen) atoms. The van der Waals surface area contributed by atoms with Crippen molar-refractivity contribution in [2.24, 2.45) is 5.92 Å². The van der Waals surface area contributed by atoms with Gasteiger partial charge < -0.3 is 10.2 Å². The zero-order chi connectivity index (χ0) is 19.0. The number of carbonyl (C=O) groups excluding carboxylic acids is 2. The summed E-state index contributed by atoms with van der Waals surface area (Å²) in [7, 11) is 0. The van der Waals surface area contributed by atoms with Crippen LogP contribution in [0.3, 0.4) is 0 Å². The van der Waals surface area contributed by atoms with Crippen LogP contribution in [-0.2, 0) is 9.59 Å². The summed E-state index contributed by atoms with van der Waals surface area (Å²) in [6.45, 7) is 2.12. The quantitative estimate of drug-likeness (QED) is 0.756. The van der Waals surface area contributed by atoms with E-state index in [1.165, 1.54) is 12.1 Å². The number of halogens is 1. The Morgan fingerprint density at radius 2 is 1.89 bits per heavy atom. The van der Waals surface area contributed by atoms with Gasteiger partial charge in [0.05, 0.1) is 11.6 Å². The second kappa shape index (κ2) is 6.83. The van der Waals surface area contributed by atoms with E-state index >= 15 is 0 Å². The van der Waals surface area contributed by atoms with E-state index < -0.39 is 11.7 Å². The van der Waals surface area contributed by atoms with Gasteiger partial charge in [0.15, 0.2) is 0 Å². The number of aryl methyl sites for hydroxylation is 1. The number of benzene rings is 3. The van der Waals surface area contributed by atoms with Crippen LogP contribution in [-0.4, -0.2) is 18.4 Å². The first-order valence-corrected chi connectivity index (χ1v) is 8.88. The summed E-state index contributed by atoms with van der Waals surface area (Å²) in [5.41, 5.74) is 2.03. The van der Waals surface area contributed by atoms with E-state index in [0.717, 1.165) is 22.0 Å². The minimum absolute atomic E-state index is 0.0810. The molecule has 1 unspecified atom stereocenters. The Balaban J connectivity index is 1.57. The largest absolute Gasteiger partial charge is 0.325 e. The lowest BCUT2D eigenvalue weighted by atomic mass is 10.1. The lowest BCUT2D eigenvalue weighted by Crippen LogP contribution is -2.28. The SMILES string of the molecule is Cc1ccc(F)cc1NC(=O)C1CC(=O)N(c2cccc3ccccc23)C1. The molecule has 1 atom stereocenters. The molecule has 1 heterocycles. The molecule has 1 aliphatic heterocycles. The molecule has 1 aliphatic rings. The van der Waals surface area contributed by atoms with E-state index in [9.17, 15) is 14.0 Å². The lowest BCUT2D eigenvalue weighted by Gasteiger charge is -2.19. The van der Waals surface area contributed by atoms with Crippen LogP contribution < -0.4 is 10.2 Å². The summed E-state index contributed by atoms with van der Waals surface area (Å²) in [5.74, 6) is -1.22. The highest BCUT2D eigenvalue weighted by Crippen LogP contribution is 2.32. The summed E-state index contributed by atoms with van der Waals surface area (Å²) < 4.78 is 13.5. The predicted molar refractivity (Wildman–Crippen MR) is 104 cm³/mol. The van der Waals surface area contributed by atoms with Crippen LogP contribution in [0.1, 0.15) is 12.0 Å². The van der Waals surface area contributed by atoms with Gasteiger partial charge in [0, 0.05) is 24.0 Å². The number of carbonyl (C=O) groups is 2. The molecule has 0 bridgehead atoms. The van der Waals surface area contributed by atoms with Gasteiger partial charge in [-0.15, -0.1) is 0 Å². The van der Waals surface area contributed by atoms with E-state index in [1.54, 1.807) is 17.9 Å². The molecule has 3 aromatic carbocycles. The maximum atomic E-state index is 13.5. The molecule has 3 aromatic rings. The van der Waals surface area contributed by atoms with Crippen molar-refractivity contribution in [1.29, 1.82) is 0 Å². The van der Waals surface area contributed by atoms with Crippen LogP contribution in [0.15, 0.2) is 60.7 Å². The Bertz CT molecular complexity index is 1040. The molecule has 1 fully saturated rings. The zero-order valence-corrected chi connectivity index (χ0v) is 14.9. The highest BCUT2D eigenvalue weighted by atomic mass is 19.1. The second-order valence-corrected chi connectivity index (χ2v) is 6.85. The highest BCUT2D eigenvalue weighted by molar-refractivity contribution is 6.08. The smallest absolute Gasteiger partial charge is 0.229 e. The summed E-state index contributed by atoms with van der Waals surface area (Å²) >= 11 is 0. The normalized spacial score (nSPS) is 16.7. The van der Waals surface area contributed by atoms with Crippen molar-refractivity contribution in [2.45, 2.75) is 13.3 Å². The number of hydrogen-bond acceptors (Lipinski definition) is 2. The minimum atomic E-state index is -0.473. The maximum Gasteiger partial charge on any atom is 0.229 e. The molecule has 0 radical (unpaired) electrons. The molecule has 5 heteroatoms. The molecule has 4 nitrogen and oxygen atoms in total. The number of fused-ring (bicyclic) bond motifs is 1. The summed E-state index contributed by atoms with van der Waals surface area (Å²) in [5, 5.41) is 4.79. The predicted octanol–water partition coefficient (Wildman–Crippen LogP) is 4.28. The van der Waals surface area contributed by atoms with Gasteiger partial charge in [-0.1, -0.05) is 42.5 Å². The molecule has 0 saturated carbocycles. The first-order chi connectivity index (χ1) is 13.0. The third kappa shape index (κ3) is 3.28.